The second-order valence-corrected chi connectivity index (χ2v) is 12.0. The average Bonchev–Trinajstić information content (AvgIpc) is 3.67. The number of carbonyl (C=O) groups is 2. The molecule has 0 aromatic heterocycles. The third-order valence-electron chi connectivity index (χ3n) is 8.12. The highest BCUT2D eigenvalue weighted by Crippen LogP contribution is 2.46. The van der Waals surface area contributed by atoms with Crippen molar-refractivity contribution in [2.24, 2.45) is 5.92 Å². The molecule has 3 aliphatic rings. The first-order valence-electron chi connectivity index (χ1n) is 13.7. The van der Waals surface area contributed by atoms with Crippen LogP contribution in [0, 0.1) is 11.7 Å². The van der Waals surface area contributed by atoms with Crippen LogP contribution in [0.3, 0.4) is 0 Å². The minimum absolute atomic E-state index is 0.0153. The predicted octanol–water partition coefficient (Wildman–Crippen LogP) is 6.68. The van der Waals surface area contributed by atoms with Crippen LogP contribution in [0.4, 0.5) is 17.6 Å². The molecule has 7 nitrogen and oxygen atoms in total. The minimum Gasteiger partial charge on any atom is -0.493 e. The summed E-state index contributed by atoms with van der Waals surface area (Å²) in [6, 6.07) is 3.45. The molecule has 0 radical (unpaired) electrons. The van der Waals surface area contributed by atoms with Gasteiger partial charge in [-0.3, -0.25) is 14.6 Å². The van der Waals surface area contributed by atoms with Gasteiger partial charge in [-0.05, 0) is 92.9 Å². The van der Waals surface area contributed by atoms with Gasteiger partial charge in [0.25, 0.3) is 5.91 Å². The Morgan fingerprint density at radius 3 is 2.29 bits per heavy atom. The molecule has 0 spiro atoms. The number of halogens is 6. The lowest BCUT2D eigenvalue weighted by Gasteiger charge is -2.38. The molecule has 2 aromatic carbocycles. The highest BCUT2D eigenvalue weighted by atomic mass is 35.5. The number of hydrogen-bond donors (Lipinski definition) is 1. The molecule has 2 aliphatic heterocycles. The standard InChI is InChI=1S/C29H30Cl2F4N2O5/c1-15-25(28(39)40)37(14-42-15)27(38)22-11-21(17-2-3-17)24(12-23(22)32)41-13-16-4-6-36(7-5-16)26(29(33,34)35)18-8-19(30)10-20(31)9-18/h8-12,15-17,25-26H,2-7,13-14H2,1H3,(H,39,40)/t15-,25+,26?/m1/s1. The molecular weight excluding hydrogens is 603 g/mol. The van der Waals surface area contributed by atoms with Gasteiger partial charge in [-0.15, -0.1) is 0 Å². The number of aliphatic carboxylic acids is 1. The number of hydrogen-bond acceptors (Lipinski definition) is 5. The zero-order valence-electron chi connectivity index (χ0n) is 22.7. The zero-order valence-corrected chi connectivity index (χ0v) is 24.2. The number of nitrogens with zero attached hydrogens (tertiary/aromatic N) is 2. The van der Waals surface area contributed by atoms with E-state index < -0.39 is 42.1 Å². The van der Waals surface area contributed by atoms with Crippen molar-refractivity contribution in [3.05, 3.63) is 62.9 Å². The maximum Gasteiger partial charge on any atom is 0.408 e. The highest BCUT2D eigenvalue weighted by Gasteiger charge is 2.46. The number of carboxylic acids is 1. The number of alkyl halides is 3. The molecule has 1 amide bonds. The number of piperidine rings is 1. The van der Waals surface area contributed by atoms with Crippen molar-refractivity contribution in [3.63, 3.8) is 0 Å². The summed E-state index contributed by atoms with van der Waals surface area (Å²) in [5, 5.41) is 9.78. The summed E-state index contributed by atoms with van der Waals surface area (Å²) in [6.45, 7) is 1.79. The Bertz CT molecular complexity index is 1330. The Hall–Kier alpha value is -2.60. The van der Waals surface area contributed by atoms with Crippen molar-refractivity contribution in [1.82, 2.24) is 9.80 Å². The van der Waals surface area contributed by atoms with Gasteiger partial charge in [0, 0.05) is 16.1 Å². The number of ether oxygens (including phenoxy) is 2. The van der Waals surface area contributed by atoms with Crippen molar-refractivity contribution in [3.8, 4) is 5.75 Å². The van der Waals surface area contributed by atoms with E-state index in [9.17, 15) is 27.9 Å². The third-order valence-corrected chi connectivity index (χ3v) is 8.55. The maximum absolute atomic E-state index is 15.2. The molecule has 2 saturated heterocycles. The Morgan fingerprint density at radius 1 is 1.07 bits per heavy atom. The molecule has 3 atom stereocenters. The fourth-order valence-corrected chi connectivity index (χ4v) is 6.34. The molecule has 42 heavy (non-hydrogen) atoms. The minimum atomic E-state index is -4.53. The number of likely N-dealkylation sites (tertiary alicyclic amines) is 1. The Kier molecular flexibility index (Phi) is 8.95. The Balaban J connectivity index is 1.26. The molecular formula is C29H30Cl2F4N2O5. The van der Waals surface area contributed by atoms with Crippen molar-refractivity contribution in [2.75, 3.05) is 26.4 Å². The van der Waals surface area contributed by atoms with Crippen molar-refractivity contribution in [2.45, 2.75) is 62.9 Å². The quantitative estimate of drug-likeness (QED) is 0.327. The fraction of sp³-hybridized carbons (Fsp3) is 0.517. The zero-order chi connectivity index (χ0) is 30.3. The summed E-state index contributed by atoms with van der Waals surface area (Å²) >= 11 is 12.0. The largest absolute Gasteiger partial charge is 0.493 e. The van der Waals surface area contributed by atoms with Gasteiger partial charge >= 0.3 is 12.1 Å². The van der Waals surface area contributed by atoms with E-state index in [1.54, 1.807) is 0 Å². The van der Waals surface area contributed by atoms with Crippen molar-refractivity contribution < 1.29 is 41.7 Å². The maximum atomic E-state index is 15.2. The summed E-state index contributed by atoms with van der Waals surface area (Å²) in [5.41, 5.74) is 0.395. The summed E-state index contributed by atoms with van der Waals surface area (Å²) < 4.78 is 68.9. The first-order chi connectivity index (χ1) is 19.8. The van der Waals surface area contributed by atoms with E-state index in [0.29, 0.717) is 18.4 Å². The van der Waals surface area contributed by atoms with Crippen LogP contribution in [0.5, 0.6) is 5.75 Å². The average molecular weight is 633 g/mol. The number of carbonyl (C=O) groups excluding carboxylic acids is 1. The SMILES string of the molecule is C[C@H]1OCN(C(=O)c2cc(C3CC3)c(OCC3CCN(C(c4cc(Cl)cc(Cl)c4)C(F)(F)F)CC3)cc2F)[C@@H]1C(=O)O. The molecule has 228 valence electrons. The smallest absolute Gasteiger partial charge is 0.408 e. The normalized spacial score (nSPS) is 22.8. The van der Waals surface area contributed by atoms with Gasteiger partial charge in [0.2, 0.25) is 0 Å². The molecule has 3 fully saturated rings. The van der Waals surface area contributed by atoms with Gasteiger partial charge < -0.3 is 14.6 Å². The molecule has 13 heteroatoms. The van der Waals surface area contributed by atoms with Gasteiger partial charge in [0.05, 0.1) is 18.3 Å². The van der Waals surface area contributed by atoms with Crippen LogP contribution in [-0.4, -0.2) is 71.5 Å². The summed E-state index contributed by atoms with van der Waals surface area (Å²) in [5.74, 6) is -2.54. The highest BCUT2D eigenvalue weighted by molar-refractivity contribution is 6.34. The number of carboxylic acid groups (broad SMARTS) is 1. The van der Waals surface area contributed by atoms with E-state index in [1.165, 1.54) is 36.1 Å². The molecule has 5 rings (SSSR count). The summed E-state index contributed by atoms with van der Waals surface area (Å²) in [4.78, 5) is 27.2. The van der Waals surface area contributed by atoms with Crippen LogP contribution in [0.15, 0.2) is 30.3 Å². The molecule has 2 heterocycles. The summed E-state index contributed by atoms with van der Waals surface area (Å²) in [6.07, 6.45) is -2.73. The molecule has 1 aliphatic carbocycles. The lowest BCUT2D eigenvalue weighted by Crippen LogP contribution is -2.44. The van der Waals surface area contributed by atoms with Gasteiger partial charge in [-0.1, -0.05) is 23.2 Å². The molecule has 2 aromatic rings. The Morgan fingerprint density at radius 2 is 1.71 bits per heavy atom. The lowest BCUT2D eigenvalue weighted by atomic mass is 9.94. The van der Waals surface area contributed by atoms with Crippen LogP contribution < -0.4 is 4.74 Å². The number of amides is 1. The van der Waals surface area contributed by atoms with Crippen LogP contribution in [0.1, 0.15) is 66.1 Å². The second-order valence-electron chi connectivity index (χ2n) is 11.1. The first-order valence-corrected chi connectivity index (χ1v) is 14.5. The van der Waals surface area contributed by atoms with Gasteiger partial charge in [0.1, 0.15) is 24.3 Å². The van der Waals surface area contributed by atoms with Gasteiger partial charge in [-0.25, -0.2) is 9.18 Å². The van der Waals surface area contributed by atoms with E-state index in [4.69, 9.17) is 32.7 Å². The van der Waals surface area contributed by atoms with Crippen LogP contribution in [-0.2, 0) is 9.53 Å². The Labute approximate surface area is 250 Å². The molecule has 1 N–H and O–H groups in total. The van der Waals surface area contributed by atoms with E-state index >= 15 is 4.39 Å². The van der Waals surface area contributed by atoms with E-state index in [0.717, 1.165) is 23.8 Å². The predicted molar refractivity (Wildman–Crippen MR) is 146 cm³/mol. The van der Waals surface area contributed by atoms with Crippen LogP contribution in [0.2, 0.25) is 10.0 Å². The summed E-state index contributed by atoms with van der Waals surface area (Å²) in [7, 11) is 0. The molecule has 0 bridgehead atoms. The molecule has 1 unspecified atom stereocenters. The van der Waals surface area contributed by atoms with Crippen LogP contribution >= 0.6 is 23.2 Å². The van der Waals surface area contributed by atoms with Gasteiger partial charge in [-0.2, -0.15) is 13.2 Å². The van der Waals surface area contributed by atoms with E-state index in [-0.39, 0.29) is 65.2 Å². The topological polar surface area (TPSA) is 79.3 Å². The van der Waals surface area contributed by atoms with Gasteiger partial charge in [0.15, 0.2) is 6.04 Å². The fourth-order valence-electron chi connectivity index (χ4n) is 5.80. The lowest BCUT2D eigenvalue weighted by molar-refractivity contribution is -0.190. The first kappa shape index (κ1) is 30.8. The molecule has 1 saturated carbocycles. The van der Waals surface area contributed by atoms with E-state index in [1.807, 2.05) is 0 Å². The van der Waals surface area contributed by atoms with Crippen molar-refractivity contribution in [1.29, 1.82) is 0 Å². The second kappa shape index (κ2) is 12.2. The monoisotopic (exact) mass is 632 g/mol. The number of benzene rings is 2. The van der Waals surface area contributed by atoms with Crippen molar-refractivity contribution >= 4 is 35.1 Å². The van der Waals surface area contributed by atoms with E-state index in [2.05, 4.69) is 0 Å². The third kappa shape index (κ3) is 6.64. The number of rotatable bonds is 8. The van der Waals surface area contributed by atoms with Crippen LogP contribution in [0.25, 0.3) is 0 Å².